The Labute approximate surface area is 490 Å². The largest absolute Gasteiger partial charge is 0.411 e. The van der Waals surface area contributed by atoms with Crippen LogP contribution in [-0.2, 0) is 22.7 Å². The molecule has 0 heterocycles. The predicted molar refractivity (Wildman–Crippen MR) is 298 cm³/mol. The molecule has 0 fully saturated rings. The molecule has 0 unspecified atom stereocenters. The van der Waals surface area contributed by atoms with Gasteiger partial charge < -0.3 is 8.97 Å². The van der Waals surface area contributed by atoms with Crippen molar-refractivity contribution in [2.75, 3.05) is 55.4 Å². The van der Waals surface area contributed by atoms with Crippen molar-refractivity contribution < 1.29 is 88.0 Å². The minimum atomic E-state index is -7.94. The van der Waals surface area contributed by atoms with Gasteiger partial charge >= 0.3 is 47.9 Å². The third-order valence-electron chi connectivity index (χ3n) is 16.6. The first-order valence-corrected chi connectivity index (χ1v) is 28.2. The lowest BCUT2D eigenvalue weighted by atomic mass is 9.70. The second kappa shape index (κ2) is 23.8. The van der Waals surface area contributed by atoms with Crippen LogP contribution < -0.4 is 0 Å². The van der Waals surface area contributed by atoms with Crippen LogP contribution in [0, 0.1) is 13.8 Å². The van der Waals surface area contributed by atoms with E-state index in [0.717, 1.165) is 140 Å². The summed E-state index contributed by atoms with van der Waals surface area (Å²) in [6.45, 7) is 5.05. The molecular weight excluding hydrogens is 1160 g/mol. The van der Waals surface area contributed by atoms with Crippen molar-refractivity contribution in [1.29, 1.82) is 0 Å². The summed E-state index contributed by atoms with van der Waals surface area (Å²) in [5, 5.41) is 0. The summed E-state index contributed by atoms with van der Waals surface area (Å²) in [6, 6.07) is 20.3. The van der Waals surface area contributed by atoms with Crippen molar-refractivity contribution in [1.82, 2.24) is 0 Å². The number of nitrogens with zero attached hydrogens (tertiary/aromatic N) is 2. The molecule has 0 N–H and O–H groups in total. The number of hydrogen-bond acceptors (Lipinski definition) is 0. The number of hydrogen-bond donors (Lipinski definition) is 0. The van der Waals surface area contributed by atoms with Gasteiger partial charge in [-0.15, -0.1) is 0 Å². The smallest absolute Gasteiger partial charge is 0.331 e. The van der Waals surface area contributed by atoms with Crippen LogP contribution in [0.25, 0.3) is 33.4 Å². The summed E-state index contributed by atoms with van der Waals surface area (Å²) < 4.78 is 277. The number of unbranched alkanes of at least 4 members (excludes halogenated alkanes) is 6. The maximum atomic E-state index is 15.7. The van der Waals surface area contributed by atoms with Gasteiger partial charge in [-0.05, 0) is 126 Å². The van der Waals surface area contributed by atoms with Crippen LogP contribution in [0.4, 0.5) is 79.0 Å². The molecule has 86 heavy (non-hydrogen) atoms. The standard InChI is InChI=1S/C66H70F18N2/c1-43-19-17-21-51(39-43)59(67,68)61(71,72)63(75,76)64(77,78)62(73,74)60(69,70)52-22-18-20-47(41-52)45-24-29-49(30-25-45)58(65(79,80)81,66(82,83)84)50-31-26-46(27-32-50)48-28-34-54-53-33-23-44(2)40-55(53)57(56(54)42-48,35-13-9-11-15-37-85(3,4)5)36-14-10-12-16-38-86(6,7)8/h17-34,39-42H,9-16,35-38H2,1-8H3/q+2. The van der Waals surface area contributed by atoms with E-state index < -0.39 is 92.1 Å². The summed E-state index contributed by atoms with van der Waals surface area (Å²) in [7, 11) is 12.9. The maximum Gasteiger partial charge on any atom is 0.411 e. The Hall–Kier alpha value is -6.02. The summed E-state index contributed by atoms with van der Waals surface area (Å²) in [5.41, 5.74) is -7.88. The molecular formula is C66H70F18N2+2. The van der Waals surface area contributed by atoms with Gasteiger partial charge in [0.25, 0.3) is 0 Å². The highest BCUT2D eigenvalue weighted by atomic mass is 19.4. The molecule has 0 amide bonds. The minimum Gasteiger partial charge on any atom is -0.331 e. The Morgan fingerprint density at radius 1 is 0.326 bits per heavy atom. The highest BCUT2D eigenvalue weighted by Gasteiger charge is 2.90. The molecule has 0 bridgehead atoms. The highest BCUT2D eigenvalue weighted by molar-refractivity contribution is 5.84. The second-order valence-corrected chi connectivity index (χ2v) is 25.0. The summed E-state index contributed by atoms with van der Waals surface area (Å²) in [5.74, 6) is -43.8. The Balaban J connectivity index is 1.22. The second-order valence-electron chi connectivity index (χ2n) is 25.0. The molecule has 0 spiro atoms. The van der Waals surface area contributed by atoms with Crippen LogP contribution in [0.2, 0.25) is 0 Å². The van der Waals surface area contributed by atoms with Crippen LogP contribution in [-0.4, -0.2) is 100 Å². The van der Waals surface area contributed by atoms with Gasteiger partial charge in [-0.1, -0.05) is 152 Å². The van der Waals surface area contributed by atoms with E-state index in [-0.39, 0.29) is 29.8 Å². The number of rotatable bonds is 25. The third-order valence-corrected chi connectivity index (χ3v) is 16.6. The van der Waals surface area contributed by atoms with E-state index in [1.165, 1.54) is 5.56 Å². The van der Waals surface area contributed by atoms with Crippen LogP contribution >= 0.6 is 0 Å². The zero-order chi connectivity index (χ0) is 64.1. The van der Waals surface area contributed by atoms with E-state index in [1.54, 1.807) is 6.07 Å². The van der Waals surface area contributed by atoms with Crippen LogP contribution in [0.5, 0.6) is 0 Å². The van der Waals surface area contributed by atoms with Crippen molar-refractivity contribution in [2.45, 2.75) is 137 Å². The van der Waals surface area contributed by atoms with Crippen LogP contribution in [0.1, 0.15) is 109 Å². The van der Waals surface area contributed by atoms with E-state index in [2.05, 4.69) is 54.4 Å². The molecule has 1 aliphatic rings. The van der Waals surface area contributed by atoms with Crippen molar-refractivity contribution in [2.24, 2.45) is 0 Å². The lowest BCUT2D eigenvalue weighted by Crippen LogP contribution is -2.69. The zero-order valence-electron chi connectivity index (χ0n) is 48.9. The van der Waals surface area contributed by atoms with E-state index >= 15 is 61.5 Å². The topological polar surface area (TPSA) is 0 Å². The molecule has 0 radical (unpaired) electrons. The number of aryl methyl sites for hydroxylation is 2. The molecule has 20 heteroatoms. The van der Waals surface area contributed by atoms with Crippen LogP contribution in [0.3, 0.4) is 0 Å². The molecule has 0 aromatic heterocycles. The molecule has 0 aliphatic heterocycles. The molecule has 1 aliphatic carbocycles. The Kier molecular flexibility index (Phi) is 18.7. The fourth-order valence-electron chi connectivity index (χ4n) is 11.9. The van der Waals surface area contributed by atoms with Gasteiger partial charge in [0.15, 0.2) is 0 Å². The first-order chi connectivity index (χ1) is 39.5. The number of fused-ring (bicyclic) bond motifs is 3. The van der Waals surface area contributed by atoms with Crippen molar-refractivity contribution in [3.63, 3.8) is 0 Å². The fraction of sp³-hybridized carbons (Fsp3) is 0.455. The first kappa shape index (κ1) is 67.5. The highest BCUT2D eigenvalue weighted by Crippen LogP contribution is 2.64. The number of alkyl halides is 18. The predicted octanol–water partition coefficient (Wildman–Crippen LogP) is 20.1. The summed E-state index contributed by atoms with van der Waals surface area (Å²) in [4.78, 5) is 0. The number of halogens is 18. The SMILES string of the molecule is Cc1cccc(C(F)(F)C(F)(F)C(F)(F)C(F)(F)C(F)(F)C(F)(F)c2cccc(-c3ccc(C(c4ccc(-c5ccc6c(c5)C(CCCCCC[N+](C)(C)C)(CCCCCC[N+](C)(C)C)c5cc(C)ccc5-6)cc4)(C(F)(F)F)C(F)(F)F)cc3)c2)c1. The number of quaternary nitrogens is 2. The minimum absolute atomic E-state index is 0.0482. The van der Waals surface area contributed by atoms with Gasteiger partial charge in [-0.2, -0.15) is 79.0 Å². The molecule has 0 saturated heterocycles. The van der Waals surface area contributed by atoms with E-state index in [0.29, 0.717) is 59.7 Å². The normalized spacial score (nSPS) is 14.8. The molecule has 468 valence electrons. The summed E-state index contributed by atoms with van der Waals surface area (Å²) >= 11 is 0. The van der Waals surface area contributed by atoms with Gasteiger partial charge in [0.1, 0.15) is 0 Å². The molecule has 0 atom stereocenters. The van der Waals surface area contributed by atoms with Gasteiger partial charge in [0.2, 0.25) is 5.41 Å². The lowest BCUT2D eigenvalue weighted by molar-refractivity contribution is -0.870. The Bertz CT molecular complexity index is 3270. The monoisotopic (exact) mass is 1230 g/mol. The van der Waals surface area contributed by atoms with E-state index in [4.69, 9.17) is 0 Å². The van der Waals surface area contributed by atoms with Crippen molar-refractivity contribution in [3.8, 4) is 33.4 Å². The quantitative estimate of drug-likeness (QED) is 0.0304. The Morgan fingerprint density at radius 3 is 1.10 bits per heavy atom. The van der Waals surface area contributed by atoms with Crippen molar-refractivity contribution in [3.05, 3.63) is 178 Å². The number of benzene rings is 6. The van der Waals surface area contributed by atoms with Gasteiger partial charge in [0, 0.05) is 16.5 Å². The molecule has 0 saturated carbocycles. The fourth-order valence-corrected chi connectivity index (χ4v) is 11.9. The van der Waals surface area contributed by atoms with E-state index in [9.17, 15) is 17.6 Å². The van der Waals surface area contributed by atoms with Gasteiger partial charge in [-0.3, -0.25) is 0 Å². The van der Waals surface area contributed by atoms with E-state index in [1.807, 2.05) is 25.1 Å². The molecule has 6 aromatic rings. The molecule has 6 aromatic carbocycles. The van der Waals surface area contributed by atoms with Crippen molar-refractivity contribution >= 4 is 0 Å². The first-order valence-electron chi connectivity index (χ1n) is 28.2. The maximum absolute atomic E-state index is 15.7. The lowest BCUT2D eigenvalue weighted by Gasteiger charge is -2.41. The average Bonchev–Trinajstić information content (AvgIpc) is 0.799. The van der Waals surface area contributed by atoms with Crippen LogP contribution in [0.15, 0.2) is 133 Å². The molecule has 7 rings (SSSR count). The third kappa shape index (κ3) is 12.4. The average molecular weight is 1230 g/mol. The molecule has 2 nitrogen and oxygen atoms in total. The zero-order valence-corrected chi connectivity index (χ0v) is 48.9. The van der Waals surface area contributed by atoms with Gasteiger partial charge in [0.05, 0.1) is 55.4 Å². The van der Waals surface area contributed by atoms with Gasteiger partial charge in [-0.25, -0.2) is 0 Å². The Morgan fingerprint density at radius 2 is 0.686 bits per heavy atom. The summed E-state index contributed by atoms with van der Waals surface area (Å²) in [6.07, 6.45) is -2.77.